The molecule has 2 rings (SSSR count). The maximum Gasteiger partial charge on any atom is 0.335 e. The number of nitrogens with zero attached hydrogens (tertiary/aromatic N) is 2. The van der Waals surface area contributed by atoms with Crippen molar-refractivity contribution in [2.24, 2.45) is 5.41 Å². The Bertz CT molecular complexity index is 633. The zero-order chi connectivity index (χ0) is 14.8. The van der Waals surface area contributed by atoms with E-state index in [4.69, 9.17) is 5.11 Å². The van der Waals surface area contributed by atoms with Crippen LogP contribution in [0.1, 0.15) is 37.6 Å². The van der Waals surface area contributed by atoms with Gasteiger partial charge >= 0.3 is 5.97 Å². The van der Waals surface area contributed by atoms with E-state index in [1.807, 2.05) is 0 Å². The van der Waals surface area contributed by atoms with Crippen molar-refractivity contribution in [3.63, 3.8) is 0 Å². The highest BCUT2D eigenvalue weighted by molar-refractivity contribution is 5.96. The van der Waals surface area contributed by atoms with Gasteiger partial charge in [0, 0.05) is 11.9 Å². The molecule has 0 unspecified atom stereocenters. The van der Waals surface area contributed by atoms with Crippen molar-refractivity contribution in [2.45, 2.75) is 27.2 Å². The molecule has 0 aliphatic carbocycles. The number of benzene rings is 1. The fourth-order valence-corrected chi connectivity index (χ4v) is 1.89. The number of carbonyl (C=O) groups is 1. The van der Waals surface area contributed by atoms with Crippen LogP contribution in [0, 0.1) is 5.41 Å². The number of anilines is 1. The predicted octanol–water partition coefficient (Wildman–Crippen LogP) is 3.18. The Kier molecular flexibility index (Phi) is 3.88. The van der Waals surface area contributed by atoms with Gasteiger partial charge in [-0.15, -0.1) is 0 Å². The minimum Gasteiger partial charge on any atom is -0.478 e. The number of nitrogens with one attached hydrogen (secondary N) is 1. The Morgan fingerprint density at radius 2 is 2.05 bits per heavy atom. The molecule has 0 bridgehead atoms. The van der Waals surface area contributed by atoms with Gasteiger partial charge in [0.25, 0.3) is 0 Å². The van der Waals surface area contributed by atoms with Gasteiger partial charge in [0.2, 0.25) is 0 Å². The second-order valence-corrected chi connectivity index (χ2v) is 6.00. The first-order valence-corrected chi connectivity index (χ1v) is 6.59. The van der Waals surface area contributed by atoms with E-state index in [0.29, 0.717) is 5.52 Å². The Labute approximate surface area is 118 Å². The fraction of sp³-hybridized carbons (Fsp3) is 0.400. The van der Waals surface area contributed by atoms with Crippen LogP contribution in [0.3, 0.4) is 0 Å². The van der Waals surface area contributed by atoms with Crippen molar-refractivity contribution in [3.05, 3.63) is 30.1 Å². The summed E-state index contributed by atoms with van der Waals surface area (Å²) in [6.07, 6.45) is 2.47. The van der Waals surface area contributed by atoms with Crippen LogP contribution in [-0.4, -0.2) is 27.6 Å². The van der Waals surface area contributed by atoms with Gasteiger partial charge in [-0.3, -0.25) is 0 Å². The van der Waals surface area contributed by atoms with E-state index in [1.165, 1.54) is 6.33 Å². The first-order valence-electron chi connectivity index (χ1n) is 6.59. The van der Waals surface area contributed by atoms with Crippen LogP contribution in [0.4, 0.5) is 5.82 Å². The summed E-state index contributed by atoms with van der Waals surface area (Å²) in [4.78, 5) is 19.3. The monoisotopic (exact) mass is 273 g/mol. The molecule has 0 saturated heterocycles. The lowest BCUT2D eigenvalue weighted by Gasteiger charge is -2.18. The third-order valence-electron chi connectivity index (χ3n) is 3.05. The summed E-state index contributed by atoms with van der Waals surface area (Å²) in [5, 5.41) is 13.1. The van der Waals surface area contributed by atoms with Crippen molar-refractivity contribution in [1.29, 1.82) is 0 Å². The van der Waals surface area contributed by atoms with Crippen molar-refractivity contribution < 1.29 is 9.90 Å². The van der Waals surface area contributed by atoms with Crippen molar-refractivity contribution in [2.75, 3.05) is 11.9 Å². The highest BCUT2D eigenvalue weighted by atomic mass is 16.4. The number of aromatic nitrogens is 2. The van der Waals surface area contributed by atoms with Crippen LogP contribution in [0.5, 0.6) is 0 Å². The number of hydrogen-bond acceptors (Lipinski definition) is 4. The lowest BCUT2D eigenvalue weighted by Crippen LogP contribution is -2.13. The van der Waals surface area contributed by atoms with Gasteiger partial charge in [-0.25, -0.2) is 14.8 Å². The highest BCUT2D eigenvalue weighted by Crippen LogP contribution is 2.22. The molecule has 0 radical (unpaired) electrons. The van der Waals surface area contributed by atoms with Crippen LogP contribution in [0.2, 0.25) is 0 Å². The Morgan fingerprint density at radius 3 is 2.70 bits per heavy atom. The number of carboxylic acids is 1. The van der Waals surface area contributed by atoms with Gasteiger partial charge in [-0.05, 0) is 30.0 Å². The van der Waals surface area contributed by atoms with Gasteiger partial charge < -0.3 is 10.4 Å². The summed E-state index contributed by atoms with van der Waals surface area (Å²) in [5.74, 6) is -0.205. The zero-order valence-electron chi connectivity index (χ0n) is 12.0. The SMILES string of the molecule is CC(C)(C)CCNc1ncnc2cc(C(=O)O)ccc12. The topological polar surface area (TPSA) is 75.1 Å². The summed E-state index contributed by atoms with van der Waals surface area (Å²) in [6, 6.07) is 4.88. The number of fused-ring (bicyclic) bond motifs is 1. The largest absolute Gasteiger partial charge is 0.478 e. The molecule has 0 aliphatic heterocycles. The quantitative estimate of drug-likeness (QED) is 0.894. The predicted molar refractivity (Wildman–Crippen MR) is 79.1 cm³/mol. The molecular weight excluding hydrogens is 254 g/mol. The number of carboxylic acid groups (broad SMARTS) is 1. The fourth-order valence-electron chi connectivity index (χ4n) is 1.89. The average molecular weight is 273 g/mol. The molecule has 20 heavy (non-hydrogen) atoms. The van der Waals surface area contributed by atoms with Crippen LogP contribution in [-0.2, 0) is 0 Å². The van der Waals surface area contributed by atoms with E-state index >= 15 is 0 Å². The normalized spacial score (nSPS) is 11.6. The molecule has 5 heteroatoms. The van der Waals surface area contributed by atoms with E-state index in [0.717, 1.165) is 24.2 Å². The average Bonchev–Trinajstić information content (AvgIpc) is 2.36. The molecule has 0 atom stereocenters. The van der Waals surface area contributed by atoms with Gasteiger partial charge in [-0.2, -0.15) is 0 Å². The molecule has 1 aromatic carbocycles. The minimum atomic E-state index is -0.951. The van der Waals surface area contributed by atoms with Crippen molar-refractivity contribution in [3.8, 4) is 0 Å². The van der Waals surface area contributed by atoms with Gasteiger partial charge in [0.15, 0.2) is 0 Å². The molecule has 0 amide bonds. The zero-order valence-corrected chi connectivity index (χ0v) is 12.0. The molecule has 1 heterocycles. The summed E-state index contributed by atoms with van der Waals surface area (Å²) < 4.78 is 0. The van der Waals surface area contributed by atoms with Crippen LogP contribution in [0.25, 0.3) is 10.9 Å². The Balaban J connectivity index is 2.24. The molecule has 0 aliphatic rings. The second-order valence-electron chi connectivity index (χ2n) is 6.00. The molecule has 0 saturated carbocycles. The van der Waals surface area contributed by atoms with Crippen LogP contribution < -0.4 is 5.32 Å². The second kappa shape index (κ2) is 5.45. The van der Waals surface area contributed by atoms with E-state index in [9.17, 15) is 4.79 Å². The van der Waals surface area contributed by atoms with E-state index in [1.54, 1.807) is 18.2 Å². The van der Waals surface area contributed by atoms with Gasteiger partial charge in [0.1, 0.15) is 12.1 Å². The van der Waals surface area contributed by atoms with Crippen molar-refractivity contribution in [1.82, 2.24) is 9.97 Å². The number of aromatic carboxylic acids is 1. The lowest BCUT2D eigenvalue weighted by atomic mass is 9.92. The number of rotatable bonds is 4. The maximum absolute atomic E-state index is 11.0. The molecule has 5 nitrogen and oxygen atoms in total. The maximum atomic E-state index is 11.0. The third-order valence-corrected chi connectivity index (χ3v) is 3.05. The van der Waals surface area contributed by atoms with Crippen LogP contribution >= 0.6 is 0 Å². The molecule has 2 N–H and O–H groups in total. The molecule has 1 aromatic heterocycles. The summed E-state index contributed by atoms with van der Waals surface area (Å²) in [7, 11) is 0. The summed E-state index contributed by atoms with van der Waals surface area (Å²) in [5.41, 5.74) is 1.13. The van der Waals surface area contributed by atoms with Crippen molar-refractivity contribution >= 4 is 22.7 Å². The Hall–Kier alpha value is -2.17. The summed E-state index contributed by atoms with van der Waals surface area (Å²) in [6.45, 7) is 7.37. The van der Waals surface area contributed by atoms with E-state index < -0.39 is 5.97 Å². The number of hydrogen-bond donors (Lipinski definition) is 2. The smallest absolute Gasteiger partial charge is 0.335 e. The van der Waals surface area contributed by atoms with E-state index in [2.05, 4.69) is 36.1 Å². The van der Waals surface area contributed by atoms with E-state index in [-0.39, 0.29) is 11.0 Å². The van der Waals surface area contributed by atoms with Crippen LogP contribution in [0.15, 0.2) is 24.5 Å². The first kappa shape index (κ1) is 14.2. The van der Waals surface area contributed by atoms with Gasteiger partial charge in [0.05, 0.1) is 11.1 Å². The third kappa shape index (κ3) is 3.44. The first-order chi connectivity index (χ1) is 9.37. The minimum absolute atomic E-state index is 0.233. The Morgan fingerprint density at radius 1 is 1.30 bits per heavy atom. The molecular formula is C15H19N3O2. The summed E-state index contributed by atoms with van der Waals surface area (Å²) >= 11 is 0. The lowest BCUT2D eigenvalue weighted by molar-refractivity contribution is 0.0697. The van der Waals surface area contributed by atoms with Gasteiger partial charge in [-0.1, -0.05) is 20.8 Å². The molecule has 0 fully saturated rings. The molecule has 0 spiro atoms. The molecule has 106 valence electrons. The standard InChI is InChI=1S/C15H19N3O2/c1-15(2,3)6-7-16-13-11-5-4-10(14(19)20)8-12(11)17-9-18-13/h4-5,8-9H,6-7H2,1-3H3,(H,19,20)(H,16,17,18). The highest BCUT2D eigenvalue weighted by Gasteiger charge is 2.11. The molecule has 2 aromatic rings.